The van der Waals surface area contributed by atoms with E-state index in [-0.39, 0.29) is 0 Å². The zero-order valence-electron chi connectivity index (χ0n) is 8.66. The number of furan rings is 1. The summed E-state index contributed by atoms with van der Waals surface area (Å²) in [5, 5.41) is 10.2. The molecule has 0 aromatic carbocycles. The van der Waals surface area contributed by atoms with Gasteiger partial charge in [-0.3, -0.25) is 5.10 Å². The van der Waals surface area contributed by atoms with Crippen LogP contribution < -0.4 is 5.32 Å². The number of nitrogens with one attached hydrogen (secondary N) is 2. The summed E-state index contributed by atoms with van der Waals surface area (Å²) < 4.78 is 4.96. The van der Waals surface area contributed by atoms with Crippen LogP contribution in [0.4, 0.5) is 0 Å². The summed E-state index contributed by atoms with van der Waals surface area (Å²) in [5.74, 6) is 1.71. The highest BCUT2D eigenvalue weighted by atomic mass is 16.3. The lowest BCUT2D eigenvalue weighted by Gasteiger charge is -1.99. The van der Waals surface area contributed by atoms with E-state index in [9.17, 15) is 0 Å². The van der Waals surface area contributed by atoms with Crippen molar-refractivity contribution in [3.63, 3.8) is 0 Å². The van der Waals surface area contributed by atoms with E-state index >= 15 is 0 Å². The van der Waals surface area contributed by atoms with Gasteiger partial charge in [0.2, 0.25) is 0 Å². The van der Waals surface area contributed by atoms with Crippen LogP contribution >= 0.6 is 0 Å². The molecule has 80 valence electrons. The van der Waals surface area contributed by atoms with Crippen molar-refractivity contribution in [1.82, 2.24) is 20.5 Å². The molecule has 0 atom stereocenters. The van der Waals surface area contributed by atoms with E-state index in [2.05, 4.69) is 20.5 Å². The van der Waals surface area contributed by atoms with Crippen LogP contribution in [0.3, 0.4) is 0 Å². The molecule has 2 rings (SSSR count). The average molecular weight is 206 g/mol. The van der Waals surface area contributed by atoms with Gasteiger partial charge in [0, 0.05) is 25.1 Å². The van der Waals surface area contributed by atoms with Crippen molar-refractivity contribution in [2.45, 2.75) is 19.9 Å². The van der Waals surface area contributed by atoms with E-state index in [4.69, 9.17) is 4.42 Å². The first-order chi connectivity index (χ1) is 7.34. The van der Waals surface area contributed by atoms with E-state index < -0.39 is 0 Å². The zero-order chi connectivity index (χ0) is 10.5. The van der Waals surface area contributed by atoms with Crippen LogP contribution in [-0.2, 0) is 13.0 Å². The SMILES string of the molecule is Cc1nc(CCNCc2ccoc2)n[nH]1. The molecule has 2 heterocycles. The molecule has 5 heteroatoms. The molecule has 5 nitrogen and oxygen atoms in total. The van der Waals surface area contributed by atoms with Crippen molar-refractivity contribution in [3.05, 3.63) is 35.8 Å². The number of rotatable bonds is 5. The molecule has 0 saturated heterocycles. The van der Waals surface area contributed by atoms with Gasteiger partial charge in [0.1, 0.15) is 5.82 Å². The monoisotopic (exact) mass is 206 g/mol. The highest BCUT2D eigenvalue weighted by Gasteiger charge is 1.99. The Hall–Kier alpha value is -1.62. The molecular weight excluding hydrogens is 192 g/mol. The molecule has 0 radical (unpaired) electrons. The first kappa shape index (κ1) is 9.92. The number of hydrogen-bond acceptors (Lipinski definition) is 4. The fraction of sp³-hybridized carbons (Fsp3) is 0.400. The Morgan fingerprint density at radius 2 is 2.47 bits per heavy atom. The Labute approximate surface area is 87.9 Å². The van der Waals surface area contributed by atoms with Crippen molar-refractivity contribution in [1.29, 1.82) is 0 Å². The summed E-state index contributed by atoms with van der Waals surface area (Å²) in [4.78, 5) is 4.22. The first-order valence-corrected chi connectivity index (χ1v) is 4.94. The van der Waals surface area contributed by atoms with Gasteiger partial charge < -0.3 is 9.73 Å². The lowest BCUT2D eigenvalue weighted by molar-refractivity contribution is 0.560. The van der Waals surface area contributed by atoms with E-state index in [1.165, 1.54) is 0 Å². The van der Waals surface area contributed by atoms with Crippen LogP contribution in [0, 0.1) is 6.92 Å². The normalized spacial score (nSPS) is 10.7. The van der Waals surface area contributed by atoms with Crippen molar-refractivity contribution in [2.75, 3.05) is 6.54 Å². The Kier molecular flexibility index (Phi) is 3.14. The summed E-state index contributed by atoms with van der Waals surface area (Å²) in [6, 6.07) is 1.95. The fourth-order valence-corrected chi connectivity index (χ4v) is 1.33. The summed E-state index contributed by atoms with van der Waals surface area (Å²) in [7, 11) is 0. The molecule has 0 amide bonds. The van der Waals surface area contributed by atoms with Gasteiger partial charge in [0.05, 0.1) is 12.5 Å². The van der Waals surface area contributed by atoms with Crippen molar-refractivity contribution < 1.29 is 4.42 Å². The Bertz CT molecular complexity index is 393. The minimum Gasteiger partial charge on any atom is -0.472 e. The Morgan fingerprint density at radius 1 is 1.53 bits per heavy atom. The largest absolute Gasteiger partial charge is 0.472 e. The van der Waals surface area contributed by atoms with Crippen LogP contribution in [-0.4, -0.2) is 21.7 Å². The Morgan fingerprint density at radius 3 is 3.13 bits per heavy atom. The summed E-state index contributed by atoms with van der Waals surface area (Å²) >= 11 is 0. The number of hydrogen-bond donors (Lipinski definition) is 2. The van der Waals surface area contributed by atoms with E-state index in [0.29, 0.717) is 0 Å². The number of aromatic amines is 1. The van der Waals surface area contributed by atoms with Gasteiger partial charge in [-0.25, -0.2) is 4.98 Å². The van der Waals surface area contributed by atoms with Crippen LogP contribution in [0.5, 0.6) is 0 Å². The van der Waals surface area contributed by atoms with Crippen LogP contribution in [0.15, 0.2) is 23.0 Å². The topological polar surface area (TPSA) is 66.7 Å². The first-order valence-electron chi connectivity index (χ1n) is 4.94. The number of nitrogens with zero attached hydrogens (tertiary/aromatic N) is 2. The van der Waals surface area contributed by atoms with Crippen molar-refractivity contribution >= 4 is 0 Å². The molecule has 2 aromatic rings. The molecule has 0 unspecified atom stereocenters. The minimum absolute atomic E-state index is 0.819. The number of aryl methyl sites for hydroxylation is 1. The quantitative estimate of drug-likeness (QED) is 0.717. The highest BCUT2D eigenvalue weighted by molar-refractivity contribution is 5.04. The van der Waals surface area contributed by atoms with Crippen LogP contribution in [0.25, 0.3) is 0 Å². The molecule has 2 N–H and O–H groups in total. The molecule has 0 saturated carbocycles. The molecule has 0 fully saturated rings. The maximum absolute atomic E-state index is 4.96. The molecule has 0 spiro atoms. The third kappa shape index (κ3) is 2.92. The predicted molar refractivity (Wildman–Crippen MR) is 55.2 cm³/mol. The van der Waals surface area contributed by atoms with Gasteiger partial charge in [-0.05, 0) is 13.0 Å². The maximum atomic E-state index is 4.96. The molecular formula is C10H14N4O. The van der Waals surface area contributed by atoms with Gasteiger partial charge in [0.25, 0.3) is 0 Å². The van der Waals surface area contributed by atoms with Crippen molar-refractivity contribution in [3.8, 4) is 0 Å². The molecule has 0 bridgehead atoms. The lowest BCUT2D eigenvalue weighted by Crippen LogP contribution is -2.16. The van der Waals surface area contributed by atoms with Gasteiger partial charge in [0.15, 0.2) is 5.82 Å². The molecule has 0 aliphatic heterocycles. The zero-order valence-corrected chi connectivity index (χ0v) is 8.66. The fourth-order valence-electron chi connectivity index (χ4n) is 1.33. The smallest absolute Gasteiger partial charge is 0.151 e. The third-order valence-corrected chi connectivity index (χ3v) is 2.08. The number of H-pyrrole nitrogens is 1. The Balaban J connectivity index is 1.67. The van der Waals surface area contributed by atoms with Crippen LogP contribution in [0.1, 0.15) is 17.2 Å². The van der Waals surface area contributed by atoms with E-state index in [1.54, 1.807) is 12.5 Å². The average Bonchev–Trinajstić information content (AvgIpc) is 2.84. The molecule has 15 heavy (non-hydrogen) atoms. The summed E-state index contributed by atoms with van der Waals surface area (Å²) in [5.41, 5.74) is 1.15. The second kappa shape index (κ2) is 4.75. The highest BCUT2D eigenvalue weighted by Crippen LogP contribution is 1.98. The molecule has 2 aromatic heterocycles. The van der Waals surface area contributed by atoms with E-state index in [1.807, 2.05) is 13.0 Å². The lowest BCUT2D eigenvalue weighted by atomic mass is 10.3. The van der Waals surface area contributed by atoms with Gasteiger partial charge in [-0.1, -0.05) is 0 Å². The second-order valence-electron chi connectivity index (χ2n) is 3.40. The third-order valence-electron chi connectivity index (χ3n) is 2.08. The van der Waals surface area contributed by atoms with Crippen molar-refractivity contribution in [2.24, 2.45) is 0 Å². The molecule has 0 aliphatic carbocycles. The molecule has 0 aliphatic rings. The minimum atomic E-state index is 0.819. The predicted octanol–water partition coefficient (Wildman–Crippen LogP) is 1.04. The van der Waals surface area contributed by atoms with Crippen LogP contribution in [0.2, 0.25) is 0 Å². The van der Waals surface area contributed by atoms with Gasteiger partial charge in [-0.2, -0.15) is 5.10 Å². The van der Waals surface area contributed by atoms with Gasteiger partial charge >= 0.3 is 0 Å². The number of aromatic nitrogens is 3. The standard InChI is InChI=1S/C10H14N4O/c1-8-12-10(14-13-8)2-4-11-6-9-3-5-15-7-9/h3,5,7,11H,2,4,6H2,1H3,(H,12,13,14). The second-order valence-corrected chi connectivity index (χ2v) is 3.40. The van der Waals surface area contributed by atoms with Gasteiger partial charge in [-0.15, -0.1) is 0 Å². The maximum Gasteiger partial charge on any atom is 0.151 e. The summed E-state index contributed by atoms with van der Waals surface area (Å²) in [6.45, 7) is 3.58. The van der Waals surface area contributed by atoms with E-state index in [0.717, 1.165) is 36.7 Å². The summed E-state index contributed by atoms with van der Waals surface area (Å²) in [6.07, 6.45) is 4.25.